The van der Waals surface area contributed by atoms with Gasteiger partial charge in [0, 0.05) is 5.69 Å². The first-order valence-electron chi connectivity index (χ1n) is 7.53. The maximum absolute atomic E-state index is 13.7. The van der Waals surface area contributed by atoms with Crippen LogP contribution in [0.25, 0.3) is 0 Å². The molecule has 0 bridgehead atoms. The van der Waals surface area contributed by atoms with E-state index in [1.165, 1.54) is 19.4 Å². The molecule has 0 aliphatic carbocycles. The molecule has 0 amide bonds. The van der Waals surface area contributed by atoms with Crippen LogP contribution in [0.3, 0.4) is 0 Å². The highest BCUT2D eigenvalue weighted by molar-refractivity contribution is 5.90. The quantitative estimate of drug-likeness (QED) is 0.521. The summed E-state index contributed by atoms with van der Waals surface area (Å²) >= 11 is 0. The molecule has 1 aromatic heterocycles. The van der Waals surface area contributed by atoms with Crippen LogP contribution in [0.2, 0.25) is 0 Å². The molecule has 138 valence electrons. The van der Waals surface area contributed by atoms with E-state index in [9.17, 15) is 18.0 Å². The van der Waals surface area contributed by atoms with E-state index in [-0.39, 0.29) is 17.5 Å². The second-order valence-corrected chi connectivity index (χ2v) is 5.21. The summed E-state index contributed by atoms with van der Waals surface area (Å²) in [6.45, 7) is 0. The van der Waals surface area contributed by atoms with E-state index in [0.29, 0.717) is 11.3 Å². The lowest BCUT2D eigenvalue weighted by molar-refractivity contribution is 0.0601. The number of hydrogen-bond donors (Lipinski definition) is 2. The number of benzene rings is 2. The van der Waals surface area contributed by atoms with Gasteiger partial charge in [0.2, 0.25) is 5.95 Å². The highest BCUT2D eigenvalue weighted by Gasteiger charge is 2.14. The van der Waals surface area contributed by atoms with Crippen LogP contribution in [0.5, 0.6) is 0 Å². The van der Waals surface area contributed by atoms with Crippen LogP contribution < -0.4 is 10.6 Å². The molecule has 0 saturated heterocycles. The van der Waals surface area contributed by atoms with E-state index in [1.54, 1.807) is 18.2 Å². The van der Waals surface area contributed by atoms with Gasteiger partial charge < -0.3 is 15.4 Å². The molecule has 2 aromatic carbocycles. The summed E-state index contributed by atoms with van der Waals surface area (Å²) in [5.41, 5.74) is 0.484. The molecule has 27 heavy (non-hydrogen) atoms. The van der Waals surface area contributed by atoms with E-state index in [0.717, 1.165) is 12.1 Å². The van der Waals surface area contributed by atoms with Gasteiger partial charge in [0.15, 0.2) is 23.3 Å². The lowest BCUT2D eigenvalue weighted by Gasteiger charge is -2.09. The molecule has 0 aliphatic heterocycles. The van der Waals surface area contributed by atoms with E-state index in [1.807, 2.05) is 0 Å². The zero-order valence-electron chi connectivity index (χ0n) is 13.8. The van der Waals surface area contributed by atoms with Crippen LogP contribution >= 0.6 is 0 Å². The van der Waals surface area contributed by atoms with Crippen molar-refractivity contribution in [2.24, 2.45) is 0 Å². The third kappa shape index (κ3) is 4.11. The van der Waals surface area contributed by atoms with Crippen LogP contribution in [-0.4, -0.2) is 28.3 Å². The van der Waals surface area contributed by atoms with Crippen molar-refractivity contribution >= 4 is 29.1 Å². The maximum atomic E-state index is 13.7. The van der Waals surface area contributed by atoms with E-state index < -0.39 is 23.4 Å². The predicted molar refractivity (Wildman–Crippen MR) is 90.5 cm³/mol. The lowest BCUT2D eigenvalue weighted by atomic mass is 10.2. The molecule has 1 heterocycles. The molecule has 0 saturated carbocycles. The molecule has 0 spiro atoms. The Balaban J connectivity index is 1.80. The van der Waals surface area contributed by atoms with Gasteiger partial charge in [0.25, 0.3) is 0 Å². The number of esters is 1. The Morgan fingerprint density at radius 2 is 1.89 bits per heavy atom. The normalized spacial score (nSPS) is 10.4. The first-order valence-corrected chi connectivity index (χ1v) is 7.53. The fraction of sp³-hybridized carbons (Fsp3) is 0.0588. The summed E-state index contributed by atoms with van der Waals surface area (Å²) in [5.74, 6) is -4.71. The van der Waals surface area contributed by atoms with Crippen LogP contribution in [0.1, 0.15) is 10.4 Å². The van der Waals surface area contributed by atoms with E-state index in [2.05, 4.69) is 30.6 Å². The smallest absolute Gasteiger partial charge is 0.337 e. The largest absolute Gasteiger partial charge is 0.465 e. The minimum absolute atomic E-state index is 0.0324. The van der Waals surface area contributed by atoms with Crippen LogP contribution in [0.4, 0.5) is 36.3 Å². The predicted octanol–water partition coefficient (Wildman–Crippen LogP) is 3.56. The van der Waals surface area contributed by atoms with Gasteiger partial charge in [-0.3, -0.25) is 0 Å². The number of halogens is 3. The minimum Gasteiger partial charge on any atom is -0.465 e. The molecule has 0 radical (unpaired) electrons. The summed E-state index contributed by atoms with van der Waals surface area (Å²) in [4.78, 5) is 15.6. The molecule has 7 nitrogen and oxygen atoms in total. The number of carbonyl (C=O) groups is 1. The molecule has 3 aromatic rings. The van der Waals surface area contributed by atoms with E-state index >= 15 is 0 Å². The first kappa shape index (κ1) is 18.1. The first-order chi connectivity index (χ1) is 13.0. The number of anilines is 4. The molecule has 0 fully saturated rings. The lowest BCUT2D eigenvalue weighted by Crippen LogP contribution is -2.05. The Morgan fingerprint density at radius 1 is 1.07 bits per heavy atom. The molecular formula is C17H12F3N5O2. The number of rotatable bonds is 5. The van der Waals surface area contributed by atoms with Crippen LogP contribution in [0.15, 0.2) is 42.6 Å². The van der Waals surface area contributed by atoms with Gasteiger partial charge in [-0.2, -0.15) is 10.1 Å². The zero-order chi connectivity index (χ0) is 19.4. The Bertz CT molecular complexity index is 1000. The van der Waals surface area contributed by atoms with E-state index in [4.69, 9.17) is 0 Å². The topological polar surface area (TPSA) is 89.0 Å². The monoisotopic (exact) mass is 375 g/mol. The molecule has 3 rings (SSSR count). The van der Waals surface area contributed by atoms with Gasteiger partial charge >= 0.3 is 5.97 Å². The van der Waals surface area contributed by atoms with Gasteiger partial charge in [-0.15, -0.1) is 5.10 Å². The summed E-state index contributed by atoms with van der Waals surface area (Å²) < 4.78 is 44.7. The van der Waals surface area contributed by atoms with Crippen LogP contribution in [0, 0.1) is 17.5 Å². The van der Waals surface area contributed by atoms with Crippen molar-refractivity contribution in [1.82, 2.24) is 15.2 Å². The number of hydrogen-bond acceptors (Lipinski definition) is 7. The molecule has 0 atom stereocenters. The number of aromatic nitrogens is 3. The van der Waals surface area contributed by atoms with Crippen molar-refractivity contribution in [3.05, 3.63) is 65.6 Å². The van der Waals surface area contributed by atoms with Crippen molar-refractivity contribution in [3.8, 4) is 0 Å². The number of methoxy groups -OCH3 is 1. The van der Waals surface area contributed by atoms with Crippen molar-refractivity contribution < 1.29 is 22.7 Å². The number of nitrogens with zero attached hydrogens (tertiary/aromatic N) is 3. The summed E-state index contributed by atoms with van der Waals surface area (Å²) in [5, 5.41) is 12.8. The van der Waals surface area contributed by atoms with Crippen molar-refractivity contribution in [3.63, 3.8) is 0 Å². The van der Waals surface area contributed by atoms with Gasteiger partial charge in [-0.25, -0.2) is 18.0 Å². The standard InChI is InChI=1S/C17H12F3N5O2/c1-27-16(26)9-3-2-4-10(7-9)22-17-24-13(8-21-25-17)23-12-6-5-11(18)14(19)15(12)20/h2-8H,1H3,(H2,22,23,24,25). The average Bonchev–Trinajstić information content (AvgIpc) is 2.68. The Hall–Kier alpha value is -3.69. The number of ether oxygens (including phenoxy) is 1. The fourth-order valence-corrected chi connectivity index (χ4v) is 2.15. The van der Waals surface area contributed by atoms with Crippen molar-refractivity contribution in [2.45, 2.75) is 0 Å². The Kier molecular flexibility index (Phi) is 5.15. The summed E-state index contributed by atoms with van der Waals surface area (Å²) in [6.07, 6.45) is 1.18. The fourth-order valence-electron chi connectivity index (χ4n) is 2.15. The molecule has 10 heteroatoms. The van der Waals surface area contributed by atoms with Crippen molar-refractivity contribution in [2.75, 3.05) is 17.7 Å². The summed E-state index contributed by atoms with van der Waals surface area (Å²) in [7, 11) is 1.27. The second-order valence-electron chi connectivity index (χ2n) is 5.21. The van der Waals surface area contributed by atoms with Gasteiger partial charge in [-0.05, 0) is 30.3 Å². The minimum atomic E-state index is -1.60. The van der Waals surface area contributed by atoms with Crippen molar-refractivity contribution in [1.29, 1.82) is 0 Å². The molecule has 0 aliphatic rings. The Labute approximate surface area is 151 Å². The third-order valence-corrected chi connectivity index (χ3v) is 3.40. The number of nitrogens with one attached hydrogen (secondary N) is 2. The Morgan fingerprint density at radius 3 is 2.67 bits per heavy atom. The average molecular weight is 375 g/mol. The highest BCUT2D eigenvalue weighted by Crippen LogP contribution is 2.23. The second kappa shape index (κ2) is 7.68. The molecular weight excluding hydrogens is 363 g/mol. The number of carbonyl (C=O) groups excluding carboxylic acids is 1. The molecule has 2 N–H and O–H groups in total. The maximum Gasteiger partial charge on any atom is 0.337 e. The van der Waals surface area contributed by atoms with Crippen LogP contribution in [-0.2, 0) is 4.74 Å². The van der Waals surface area contributed by atoms with Gasteiger partial charge in [0.05, 0.1) is 24.6 Å². The SMILES string of the molecule is COC(=O)c1cccc(Nc2nncc(Nc3ccc(F)c(F)c3F)n2)c1. The summed E-state index contributed by atoms with van der Waals surface area (Å²) in [6, 6.07) is 8.19. The van der Waals surface area contributed by atoms with Gasteiger partial charge in [0.1, 0.15) is 0 Å². The zero-order valence-corrected chi connectivity index (χ0v) is 13.8. The van der Waals surface area contributed by atoms with Gasteiger partial charge in [-0.1, -0.05) is 6.07 Å². The third-order valence-electron chi connectivity index (χ3n) is 3.40. The highest BCUT2D eigenvalue weighted by atomic mass is 19.2. The molecule has 0 unspecified atom stereocenters.